The number of azo groups is 1. The molecule has 1 unspecified atom stereocenters. The van der Waals surface area contributed by atoms with E-state index in [1.807, 2.05) is 36.0 Å². The Morgan fingerprint density at radius 3 is 2.83 bits per heavy atom. The Kier molecular flexibility index (Phi) is 5.27. The fourth-order valence-electron chi connectivity index (χ4n) is 2.63. The molecule has 3 rings (SSSR count). The van der Waals surface area contributed by atoms with Crippen LogP contribution in [-0.4, -0.2) is 11.7 Å². The minimum Gasteiger partial charge on any atom is -0.326 e. The Labute approximate surface area is 146 Å². The van der Waals surface area contributed by atoms with Crippen LogP contribution in [0.2, 0.25) is 0 Å². The van der Waals surface area contributed by atoms with Crippen LogP contribution in [0.3, 0.4) is 0 Å². The molecule has 24 heavy (non-hydrogen) atoms. The third kappa shape index (κ3) is 4.01. The van der Waals surface area contributed by atoms with E-state index in [9.17, 15) is 0 Å². The summed E-state index contributed by atoms with van der Waals surface area (Å²) in [5.41, 5.74) is 9.89. The van der Waals surface area contributed by atoms with Crippen LogP contribution in [0.5, 0.6) is 0 Å². The topological polar surface area (TPSA) is 86.6 Å². The first-order valence-electron chi connectivity index (χ1n) is 7.94. The molecule has 0 aliphatic carbocycles. The summed E-state index contributed by atoms with van der Waals surface area (Å²) in [6, 6.07) is 14.1. The molecule has 0 radical (unpaired) electrons. The first-order valence-corrected chi connectivity index (χ1v) is 8.93. The lowest BCUT2D eigenvalue weighted by Crippen LogP contribution is -2.09. The largest absolute Gasteiger partial charge is 0.326 e. The minimum atomic E-state index is 0.0305. The molecule has 1 aliphatic rings. The monoisotopic (exact) mass is 339 g/mol. The molecule has 2 aromatic rings. The molecule has 0 saturated heterocycles. The number of hydrogen-bond donors (Lipinski definition) is 3. The van der Waals surface area contributed by atoms with Crippen molar-refractivity contribution >= 4 is 23.4 Å². The lowest BCUT2D eigenvalue weighted by molar-refractivity contribution is 0.651. The molecule has 2 aromatic carbocycles. The van der Waals surface area contributed by atoms with Gasteiger partial charge in [0.2, 0.25) is 5.96 Å². The fraction of sp³-hybridized carbons (Fsp3) is 0.278. The normalized spacial score (nSPS) is 16.8. The van der Waals surface area contributed by atoms with E-state index >= 15 is 0 Å². The van der Waals surface area contributed by atoms with Crippen LogP contribution in [0.15, 0.2) is 57.6 Å². The van der Waals surface area contributed by atoms with Gasteiger partial charge in [0.25, 0.3) is 0 Å². The van der Waals surface area contributed by atoms with Gasteiger partial charge < -0.3 is 11.1 Å². The molecule has 1 heterocycles. The maximum atomic E-state index is 7.97. The Bertz CT molecular complexity index is 755. The third-order valence-corrected chi connectivity index (χ3v) is 5.05. The summed E-state index contributed by atoms with van der Waals surface area (Å²) < 4.78 is 0. The molecule has 5 nitrogen and oxygen atoms in total. The highest BCUT2D eigenvalue weighted by atomic mass is 32.2. The Hall–Kier alpha value is -2.18. The van der Waals surface area contributed by atoms with Crippen LogP contribution in [0.25, 0.3) is 0 Å². The van der Waals surface area contributed by atoms with Crippen LogP contribution in [0.4, 0.5) is 5.69 Å². The van der Waals surface area contributed by atoms with Gasteiger partial charge in [0.05, 0.1) is 6.04 Å². The van der Waals surface area contributed by atoms with Crippen molar-refractivity contribution in [3.8, 4) is 0 Å². The Balaban J connectivity index is 1.67. The van der Waals surface area contributed by atoms with Gasteiger partial charge in [-0.05, 0) is 42.7 Å². The number of fused-ring (bicyclic) bond motifs is 1. The van der Waals surface area contributed by atoms with E-state index in [1.54, 1.807) is 0 Å². The zero-order valence-corrected chi connectivity index (χ0v) is 14.4. The molecule has 124 valence electrons. The van der Waals surface area contributed by atoms with E-state index < -0.39 is 0 Å². The number of anilines is 1. The number of hydrogen-bond acceptors (Lipinski definition) is 4. The van der Waals surface area contributed by atoms with E-state index in [2.05, 4.69) is 40.7 Å². The molecule has 4 N–H and O–H groups in total. The Morgan fingerprint density at radius 1 is 1.29 bits per heavy atom. The van der Waals surface area contributed by atoms with E-state index in [-0.39, 0.29) is 12.0 Å². The predicted molar refractivity (Wildman–Crippen MR) is 99.8 cm³/mol. The summed E-state index contributed by atoms with van der Waals surface area (Å²) in [6.45, 7) is 2.60. The van der Waals surface area contributed by atoms with E-state index in [0.717, 1.165) is 23.4 Å². The number of nitrogens with two attached hydrogens (primary N) is 1. The predicted octanol–water partition coefficient (Wildman–Crippen LogP) is 4.49. The van der Waals surface area contributed by atoms with Crippen LogP contribution in [0.1, 0.15) is 29.2 Å². The highest BCUT2D eigenvalue weighted by Gasteiger charge is 2.20. The van der Waals surface area contributed by atoms with Crippen molar-refractivity contribution in [2.75, 3.05) is 11.1 Å². The smallest absolute Gasteiger partial charge is 0.239 e. The van der Waals surface area contributed by atoms with Gasteiger partial charge in [-0.1, -0.05) is 29.8 Å². The molecule has 0 bridgehead atoms. The molecule has 0 aromatic heterocycles. The molecule has 0 fully saturated rings. The second kappa shape index (κ2) is 7.59. The summed E-state index contributed by atoms with van der Waals surface area (Å²) in [6.07, 6.45) is 0.948. The van der Waals surface area contributed by atoms with Crippen molar-refractivity contribution in [1.82, 2.24) is 0 Å². The van der Waals surface area contributed by atoms with Crippen molar-refractivity contribution in [1.29, 1.82) is 5.41 Å². The number of rotatable bonds is 3. The maximum Gasteiger partial charge on any atom is 0.239 e. The number of benzene rings is 2. The molecular formula is C18H21N5S. The van der Waals surface area contributed by atoms with Gasteiger partial charge in [0.15, 0.2) is 0 Å². The van der Waals surface area contributed by atoms with Crippen molar-refractivity contribution in [3.63, 3.8) is 0 Å². The summed E-state index contributed by atoms with van der Waals surface area (Å²) >= 11 is 1.86. The molecule has 0 amide bonds. The number of nitrogens with zero attached hydrogens (tertiary/aromatic N) is 2. The van der Waals surface area contributed by atoms with Crippen LogP contribution >= 0.6 is 11.8 Å². The minimum absolute atomic E-state index is 0.0305. The molecule has 0 spiro atoms. The van der Waals surface area contributed by atoms with Gasteiger partial charge in [-0.2, -0.15) is 5.11 Å². The number of thioether (sulfide) groups is 1. The molecule has 6 heteroatoms. The summed E-state index contributed by atoms with van der Waals surface area (Å²) in [5.74, 6) is 1.07. The van der Waals surface area contributed by atoms with E-state index in [4.69, 9.17) is 11.1 Å². The lowest BCUT2D eigenvalue weighted by Gasteiger charge is -2.21. The quantitative estimate of drug-likeness (QED) is 0.437. The average molecular weight is 339 g/mol. The zero-order valence-electron chi connectivity index (χ0n) is 13.6. The van der Waals surface area contributed by atoms with Gasteiger partial charge in [-0.3, -0.25) is 5.41 Å². The fourth-order valence-corrected chi connectivity index (χ4v) is 3.72. The van der Waals surface area contributed by atoms with Crippen LogP contribution < -0.4 is 11.1 Å². The van der Waals surface area contributed by atoms with Gasteiger partial charge in [-0.15, -0.1) is 16.9 Å². The second-order valence-corrected chi connectivity index (χ2v) is 6.92. The van der Waals surface area contributed by atoms with Crippen molar-refractivity contribution < 1.29 is 0 Å². The van der Waals surface area contributed by atoms with Crippen molar-refractivity contribution in [2.45, 2.75) is 30.8 Å². The first kappa shape index (κ1) is 16.7. The Morgan fingerprint density at radius 2 is 2.08 bits per heavy atom. The molecular weight excluding hydrogens is 318 g/mol. The molecule has 1 aliphatic heterocycles. The lowest BCUT2D eigenvalue weighted by atomic mass is 10.0. The summed E-state index contributed by atoms with van der Waals surface area (Å²) in [4.78, 5) is 1.27. The van der Waals surface area contributed by atoms with Gasteiger partial charge in [0, 0.05) is 22.9 Å². The highest BCUT2D eigenvalue weighted by molar-refractivity contribution is 7.99. The van der Waals surface area contributed by atoms with Crippen molar-refractivity contribution in [2.24, 2.45) is 16.0 Å². The van der Waals surface area contributed by atoms with E-state index in [1.165, 1.54) is 16.0 Å². The maximum absolute atomic E-state index is 7.97. The molecule has 0 saturated carbocycles. The number of guanidine groups is 1. The van der Waals surface area contributed by atoms with Crippen molar-refractivity contribution in [3.05, 3.63) is 59.2 Å². The van der Waals surface area contributed by atoms with E-state index in [0.29, 0.717) is 6.54 Å². The standard InChI is InChI=1S/C18H21N5S/c1-12-2-7-17-15(10-12)16(8-9-24-17)22-23-18(20)21-14-5-3-13(11-19)4-6-14/h2-7,10,16H,8-9,11,19H2,1H3,(H2,20,21). The van der Waals surface area contributed by atoms with Gasteiger partial charge in [-0.25, -0.2) is 0 Å². The SMILES string of the molecule is Cc1ccc2c(c1)C(N=NC(=N)Nc1ccc(CN)cc1)CCS2. The average Bonchev–Trinajstić information content (AvgIpc) is 2.60. The zero-order chi connectivity index (χ0) is 16.9. The first-order chi connectivity index (χ1) is 11.7. The molecule has 1 atom stereocenters. The third-order valence-electron chi connectivity index (χ3n) is 3.92. The second-order valence-electron chi connectivity index (χ2n) is 5.78. The van der Waals surface area contributed by atoms with Crippen LogP contribution in [-0.2, 0) is 6.54 Å². The van der Waals surface area contributed by atoms with Crippen LogP contribution in [0, 0.1) is 12.3 Å². The number of aryl methyl sites for hydroxylation is 1. The number of nitrogens with one attached hydrogen (secondary N) is 2. The summed E-state index contributed by atoms with van der Waals surface area (Å²) in [7, 11) is 0. The summed E-state index contributed by atoms with van der Waals surface area (Å²) in [5, 5.41) is 19.4. The van der Waals surface area contributed by atoms with Gasteiger partial charge >= 0.3 is 0 Å². The highest BCUT2D eigenvalue weighted by Crippen LogP contribution is 2.38. The van der Waals surface area contributed by atoms with Gasteiger partial charge in [0.1, 0.15) is 0 Å².